The second-order valence-corrected chi connectivity index (χ2v) is 3.93. The zero-order valence-corrected chi connectivity index (χ0v) is 8.21. The lowest BCUT2D eigenvalue weighted by Gasteiger charge is -2.12. The van der Waals surface area contributed by atoms with Crippen LogP contribution in [0, 0.1) is 0 Å². The predicted octanol–water partition coefficient (Wildman–Crippen LogP) is -0.291. The largest absolute Gasteiger partial charge is 0.481 e. The number of amides is 1. The molecule has 0 aromatic rings. The monoisotopic (exact) mass is 214 g/mol. The molecule has 6 heteroatoms. The first-order valence-corrected chi connectivity index (χ1v) is 4.86. The maximum absolute atomic E-state index is 11.6. The van der Waals surface area contributed by atoms with Crippen LogP contribution in [-0.2, 0) is 9.59 Å². The molecule has 1 aliphatic heterocycles. The fraction of sp³-hybridized carbons (Fsp3) is 0.625. The Kier molecular flexibility index (Phi) is 2.14. The van der Waals surface area contributed by atoms with Crippen LogP contribution in [0.3, 0.4) is 0 Å². The molecule has 1 saturated carbocycles. The summed E-state index contributed by atoms with van der Waals surface area (Å²) in [4.78, 5) is 23.6. The lowest BCUT2D eigenvalue weighted by Crippen LogP contribution is -2.33. The van der Waals surface area contributed by atoms with Crippen molar-refractivity contribution in [3.63, 3.8) is 0 Å². The van der Waals surface area contributed by atoms with Gasteiger partial charge in [0, 0.05) is 6.04 Å². The smallest absolute Gasteiger partial charge is 0.305 e. The van der Waals surface area contributed by atoms with Crippen molar-refractivity contribution in [3.8, 4) is 0 Å². The molecular formula is C8H10N2O3S. The van der Waals surface area contributed by atoms with Gasteiger partial charge in [0.2, 0.25) is 0 Å². The van der Waals surface area contributed by atoms with Crippen LogP contribution in [-0.4, -0.2) is 39.1 Å². The van der Waals surface area contributed by atoms with E-state index in [0.717, 1.165) is 12.8 Å². The molecule has 1 atom stereocenters. The third-order valence-electron chi connectivity index (χ3n) is 2.34. The van der Waals surface area contributed by atoms with Crippen molar-refractivity contribution in [2.75, 3.05) is 0 Å². The van der Waals surface area contributed by atoms with E-state index < -0.39 is 12.0 Å². The maximum atomic E-state index is 11.6. The molecule has 0 aromatic carbocycles. The normalized spacial score (nSPS) is 26.6. The molecule has 5 nitrogen and oxygen atoms in total. The van der Waals surface area contributed by atoms with E-state index in [1.54, 1.807) is 0 Å². The van der Waals surface area contributed by atoms with Crippen molar-refractivity contribution in [1.29, 1.82) is 0 Å². The Balaban J connectivity index is 2.06. The first-order valence-electron chi connectivity index (χ1n) is 4.45. The minimum Gasteiger partial charge on any atom is -0.481 e. The topological polar surface area (TPSA) is 69.6 Å². The number of hydrogen-bond donors (Lipinski definition) is 2. The second kappa shape index (κ2) is 3.20. The summed E-state index contributed by atoms with van der Waals surface area (Å²) in [6, 6.07) is -0.457. The molecule has 0 unspecified atom stereocenters. The zero-order valence-electron chi connectivity index (χ0n) is 7.40. The fourth-order valence-electron chi connectivity index (χ4n) is 1.54. The average Bonchev–Trinajstić information content (AvgIpc) is 2.82. The minimum atomic E-state index is -0.990. The molecule has 1 aliphatic carbocycles. The maximum Gasteiger partial charge on any atom is 0.305 e. The number of carboxylic acid groups (broad SMARTS) is 1. The Bertz CT molecular complexity index is 314. The highest BCUT2D eigenvalue weighted by molar-refractivity contribution is 7.80. The van der Waals surface area contributed by atoms with Crippen molar-refractivity contribution in [3.05, 3.63) is 0 Å². The minimum absolute atomic E-state index is 0.195. The van der Waals surface area contributed by atoms with Gasteiger partial charge in [0.25, 0.3) is 5.91 Å². The van der Waals surface area contributed by atoms with E-state index in [-0.39, 0.29) is 18.4 Å². The van der Waals surface area contributed by atoms with Crippen LogP contribution in [0.5, 0.6) is 0 Å². The first-order chi connectivity index (χ1) is 6.59. The number of rotatable bonds is 3. The van der Waals surface area contributed by atoms with Crippen LogP contribution >= 0.6 is 12.2 Å². The number of carbonyl (C=O) groups is 2. The standard InChI is InChI=1S/C8H10N2O3S/c11-6(12)3-5-7(13)10(4-1-2-4)8(14)9-5/h4-5H,1-3H2,(H,9,14)(H,11,12)/t5-/m1/s1. The summed E-state index contributed by atoms with van der Waals surface area (Å²) in [5, 5.41) is 11.7. The Hall–Kier alpha value is -1.17. The average molecular weight is 214 g/mol. The van der Waals surface area contributed by atoms with E-state index in [2.05, 4.69) is 5.32 Å². The Labute approximate surface area is 86.1 Å². The Morgan fingerprint density at radius 2 is 2.29 bits per heavy atom. The number of nitrogens with one attached hydrogen (secondary N) is 1. The van der Waals surface area contributed by atoms with Gasteiger partial charge < -0.3 is 10.4 Å². The summed E-state index contributed by atoms with van der Waals surface area (Å²) in [5.74, 6) is -1.18. The molecule has 0 aromatic heterocycles. The van der Waals surface area contributed by atoms with E-state index in [1.807, 2.05) is 0 Å². The van der Waals surface area contributed by atoms with Gasteiger partial charge in [-0.25, -0.2) is 0 Å². The summed E-state index contributed by atoms with van der Waals surface area (Å²) in [7, 11) is 0. The quantitative estimate of drug-likeness (QED) is 0.632. The number of carbonyl (C=O) groups excluding carboxylic acids is 1. The summed E-state index contributed by atoms with van der Waals surface area (Å²) in [6.07, 6.45) is 1.73. The van der Waals surface area contributed by atoms with Gasteiger partial charge in [0.05, 0.1) is 6.42 Å². The van der Waals surface area contributed by atoms with Gasteiger partial charge in [0.15, 0.2) is 5.11 Å². The van der Waals surface area contributed by atoms with Gasteiger partial charge in [-0.2, -0.15) is 0 Å². The predicted molar refractivity (Wildman–Crippen MR) is 51.6 cm³/mol. The van der Waals surface area contributed by atoms with E-state index in [4.69, 9.17) is 17.3 Å². The molecule has 76 valence electrons. The van der Waals surface area contributed by atoms with E-state index in [1.165, 1.54) is 4.90 Å². The van der Waals surface area contributed by atoms with Gasteiger partial charge in [-0.3, -0.25) is 14.5 Å². The molecule has 0 radical (unpaired) electrons. The highest BCUT2D eigenvalue weighted by atomic mass is 32.1. The molecule has 1 heterocycles. The van der Waals surface area contributed by atoms with Crippen molar-refractivity contribution < 1.29 is 14.7 Å². The first kappa shape index (κ1) is 9.39. The summed E-state index contributed by atoms with van der Waals surface area (Å²) >= 11 is 4.96. The van der Waals surface area contributed by atoms with E-state index >= 15 is 0 Å². The highest BCUT2D eigenvalue weighted by Gasteiger charge is 2.44. The number of nitrogens with zero attached hydrogens (tertiary/aromatic N) is 1. The van der Waals surface area contributed by atoms with Crippen molar-refractivity contribution in [2.24, 2.45) is 0 Å². The van der Waals surface area contributed by atoms with Crippen LogP contribution < -0.4 is 5.32 Å². The van der Waals surface area contributed by atoms with Gasteiger partial charge in [-0.1, -0.05) is 0 Å². The SMILES string of the molecule is O=C(O)C[C@H]1NC(=S)N(C2CC2)C1=O. The molecular weight excluding hydrogens is 204 g/mol. The molecule has 2 N–H and O–H groups in total. The van der Waals surface area contributed by atoms with Gasteiger partial charge in [-0.05, 0) is 25.1 Å². The number of thiocarbonyl (C=S) groups is 1. The number of hydrogen-bond acceptors (Lipinski definition) is 3. The van der Waals surface area contributed by atoms with Crippen LogP contribution in [0.4, 0.5) is 0 Å². The van der Waals surface area contributed by atoms with Crippen molar-refractivity contribution in [1.82, 2.24) is 10.2 Å². The lowest BCUT2D eigenvalue weighted by molar-refractivity contribution is -0.140. The molecule has 1 amide bonds. The molecule has 2 rings (SSSR count). The van der Waals surface area contributed by atoms with Crippen LogP contribution in [0.1, 0.15) is 19.3 Å². The Morgan fingerprint density at radius 3 is 2.79 bits per heavy atom. The number of carboxylic acids is 1. The van der Waals surface area contributed by atoms with E-state index in [0.29, 0.717) is 5.11 Å². The summed E-state index contributed by atoms with van der Waals surface area (Å²) in [5.41, 5.74) is 0. The van der Waals surface area contributed by atoms with Gasteiger partial charge in [-0.15, -0.1) is 0 Å². The van der Waals surface area contributed by atoms with Crippen molar-refractivity contribution in [2.45, 2.75) is 31.3 Å². The summed E-state index contributed by atoms with van der Waals surface area (Å²) < 4.78 is 0. The van der Waals surface area contributed by atoms with E-state index in [9.17, 15) is 9.59 Å². The molecule has 0 spiro atoms. The van der Waals surface area contributed by atoms with Crippen LogP contribution in [0.15, 0.2) is 0 Å². The van der Waals surface area contributed by atoms with Gasteiger partial charge >= 0.3 is 5.97 Å². The third kappa shape index (κ3) is 1.57. The molecule has 1 saturated heterocycles. The third-order valence-corrected chi connectivity index (χ3v) is 2.66. The fourth-order valence-corrected chi connectivity index (χ4v) is 1.92. The molecule has 2 aliphatic rings. The van der Waals surface area contributed by atoms with Crippen LogP contribution in [0.2, 0.25) is 0 Å². The second-order valence-electron chi connectivity index (χ2n) is 3.54. The van der Waals surface area contributed by atoms with Gasteiger partial charge in [0.1, 0.15) is 6.04 Å². The lowest BCUT2D eigenvalue weighted by atomic mass is 10.2. The molecule has 14 heavy (non-hydrogen) atoms. The number of aliphatic carboxylic acids is 1. The highest BCUT2D eigenvalue weighted by Crippen LogP contribution is 2.30. The molecule has 0 bridgehead atoms. The summed E-state index contributed by atoms with van der Waals surface area (Å²) in [6.45, 7) is 0. The zero-order chi connectivity index (χ0) is 10.3. The van der Waals surface area contributed by atoms with Crippen molar-refractivity contribution >= 4 is 29.2 Å². The van der Waals surface area contributed by atoms with Crippen LogP contribution in [0.25, 0.3) is 0 Å². The molecule has 2 fully saturated rings. The Morgan fingerprint density at radius 1 is 1.64 bits per heavy atom.